The number of nitrogens with zero attached hydrogens (tertiary/aromatic N) is 3. The maximum Gasteiger partial charge on any atom is 0.0764 e. The van der Waals surface area contributed by atoms with Gasteiger partial charge in [-0.1, -0.05) is 31.5 Å². The third-order valence-corrected chi connectivity index (χ3v) is 3.99. The summed E-state index contributed by atoms with van der Waals surface area (Å²) in [5.74, 6) is 0. The van der Waals surface area contributed by atoms with Crippen LogP contribution in [0.1, 0.15) is 50.3 Å². The predicted octanol–water partition coefficient (Wildman–Crippen LogP) is 2.50. The van der Waals surface area contributed by atoms with Gasteiger partial charge in [-0.3, -0.25) is 4.68 Å². The van der Waals surface area contributed by atoms with E-state index in [4.69, 9.17) is 23.1 Å². The Bertz CT molecular complexity index is 409. The van der Waals surface area contributed by atoms with Crippen LogP contribution >= 0.6 is 12.2 Å². The van der Waals surface area contributed by atoms with Crippen molar-refractivity contribution in [1.29, 1.82) is 0 Å². The van der Waals surface area contributed by atoms with Crippen LogP contribution in [-0.2, 0) is 6.54 Å². The van der Waals surface area contributed by atoms with Gasteiger partial charge in [0.15, 0.2) is 0 Å². The van der Waals surface area contributed by atoms with Crippen molar-refractivity contribution in [2.24, 2.45) is 5.73 Å². The van der Waals surface area contributed by atoms with Crippen LogP contribution in [0.4, 0.5) is 0 Å². The molecule has 1 heterocycles. The van der Waals surface area contributed by atoms with Crippen LogP contribution in [0.5, 0.6) is 0 Å². The normalized spacial score (nSPS) is 16.9. The van der Waals surface area contributed by atoms with E-state index < -0.39 is 0 Å². The lowest BCUT2D eigenvalue weighted by atomic mass is 9.96. The fourth-order valence-corrected chi connectivity index (χ4v) is 2.76. The zero-order valence-electron chi connectivity index (χ0n) is 11.7. The lowest BCUT2D eigenvalue weighted by Gasteiger charge is -2.22. The van der Waals surface area contributed by atoms with Gasteiger partial charge < -0.3 is 10.6 Å². The summed E-state index contributed by atoms with van der Waals surface area (Å²) < 4.78 is 2.16. The molecule has 0 saturated heterocycles. The SMILES string of the molecule is CN(CCC(N)=S)Cc1ccn(C2CCCCC2)n1. The summed E-state index contributed by atoms with van der Waals surface area (Å²) in [5.41, 5.74) is 6.66. The molecule has 0 spiro atoms. The Hall–Kier alpha value is -0.940. The van der Waals surface area contributed by atoms with Crippen molar-refractivity contribution in [3.05, 3.63) is 18.0 Å². The topological polar surface area (TPSA) is 47.1 Å². The number of nitrogens with two attached hydrogens (primary N) is 1. The van der Waals surface area contributed by atoms with Crippen molar-refractivity contribution in [3.63, 3.8) is 0 Å². The minimum atomic E-state index is 0.583. The van der Waals surface area contributed by atoms with Crippen LogP contribution in [0.3, 0.4) is 0 Å². The molecule has 0 bridgehead atoms. The second-order valence-electron chi connectivity index (χ2n) is 5.53. The molecule has 106 valence electrons. The van der Waals surface area contributed by atoms with Crippen molar-refractivity contribution in [2.75, 3.05) is 13.6 Å². The van der Waals surface area contributed by atoms with E-state index in [1.807, 2.05) is 0 Å². The third kappa shape index (κ3) is 4.58. The molecule has 1 fully saturated rings. The van der Waals surface area contributed by atoms with E-state index in [9.17, 15) is 0 Å². The Morgan fingerprint density at radius 3 is 2.89 bits per heavy atom. The fourth-order valence-electron chi connectivity index (χ4n) is 2.67. The van der Waals surface area contributed by atoms with Gasteiger partial charge in [0.25, 0.3) is 0 Å². The van der Waals surface area contributed by atoms with Crippen LogP contribution in [0.2, 0.25) is 0 Å². The number of thiocarbonyl (C=S) groups is 1. The Morgan fingerprint density at radius 1 is 1.47 bits per heavy atom. The van der Waals surface area contributed by atoms with E-state index >= 15 is 0 Å². The molecule has 0 aliphatic heterocycles. The Morgan fingerprint density at radius 2 is 2.21 bits per heavy atom. The Balaban J connectivity index is 1.84. The third-order valence-electron chi connectivity index (χ3n) is 3.78. The summed E-state index contributed by atoms with van der Waals surface area (Å²) in [6, 6.07) is 2.75. The van der Waals surface area contributed by atoms with Crippen molar-refractivity contribution in [1.82, 2.24) is 14.7 Å². The molecule has 0 unspecified atom stereocenters. The first-order valence-electron chi connectivity index (χ1n) is 7.16. The van der Waals surface area contributed by atoms with Gasteiger partial charge in [-0.2, -0.15) is 5.10 Å². The molecular weight excluding hydrogens is 256 g/mol. The summed E-state index contributed by atoms with van der Waals surface area (Å²) in [4.78, 5) is 2.80. The molecule has 2 N–H and O–H groups in total. The van der Waals surface area contributed by atoms with Gasteiger partial charge in [-0.25, -0.2) is 0 Å². The lowest BCUT2D eigenvalue weighted by molar-refractivity contribution is 0.312. The van der Waals surface area contributed by atoms with Gasteiger partial charge in [0.2, 0.25) is 0 Å². The van der Waals surface area contributed by atoms with Crippen LogP contribution in [0.15, 0.2) is 12.3 Å². The van der Waals surface area contributed by atoms with E-state index in [1.54, 1.807) is 0 Å². The van der Waals surface area contributed by atoms with Gasteiger partial charge in [-0.05, 0) is 26.0 Å². The molecule has 0 radical (unpaired) electrons. The van der Waals surface area contributed by atoms with E-state index in [1.165, 1.54) is 32.1 Å². The summed E-state index contributed by atoms with van der Waals surface area (Å²) in [5, 5.41) is 4.71. The first-order valence-corrected chi connectivity index (χ1v) is 7.57. The summed E-state index contributed by atoms with van der Waals surface area (Å²) in [6.45, 7) is 1.76. The molecule has 5 heteroatoms. The van der Waals surface area contributed by atoms with Gasteiger partial charge >= 0.3 is 0 Å². The van der Waals surface area contributed by atoms with Crippen molar-refractivity contribution in [3.8, 4) is 0 Å². The first kappa shape index (κ1) is 14.5. The molecule has 1 saturated carbocycles. The molecule has 4 nitrogen and oxygen atoms in total. The highest BCUT2D eigenvalue weighted by Gasteiger charge is 2.16. The molecule has 0 atom stereocenters. The van der Waals surface area contributed by atoms with Gasteiger partial charge in [0.1, 0.15) is 0 Å². The Labute approximate surface area is 121 Å². The molecular formula is C14H24N4S. The van der Waals surface area contributed by atoms with Crippen molar-refractivity contribution in [2.45, 2.75) is 51.1 Å². The molecule has 2 rings (SSSR count). The van der Waals surface area contributed by atoms with Crippen LogP contribution in [0.25, 0.3) is 0 Å². The second-order valence-corrected chi connectivity index (χ2v) is 6.06. The fraction of sp³-hybridized carbons (Fsp3) is 0.714. The average Bonchev–Trinajstić information content (AvgIpc) is 2.86. The standard InChI is InChI=1S/C14H24N4S/c1-17(9-8-14(15)19)11-12-7-10-18(16-12)13-5-3-2-4-6-13/h7,10,13H,2-6,8-9,11H2,1H3,(H2,15,19). The molecule has 19 heavy (non-hydrogen) atoms. The van der Waals surface area contributed by atoms with Crippen molar-refractivity contribution < 1.29 is 0 Å². The molecule has 0 aromatic carbocycles. The van der Waals surface area contributed by atoms with Crippen LogP contribution in [-0.4, -0.2) is 33.3 Å². The minimum Gasteiger partial charge on any atom is -0.393 e. The molecule has 1 aromatic heterocycles. The highest BCUT2D eigenvalue weighted by atomic mass is 32.1. The van der Waals surface area contributed by atoms with E-state index in [0.717, 1.165) is 25.2 Å². The molecule has 1 aromatic rings. The van der Waals surface area contributed by atoms with E-state index in [-0.39, 0.29) is 0 Å². The van der Waals surface area contributed by atoms with Crippen molar-refractivity contribution >= 4 is 17.2 Å². The summed E-state index contributed by atoms with van der Waals surface area (Å²) in [7, 11) is 2.08. The number of aromatic nitrogens is 2. The average molecular weight is 280 g/mol. The molecule has 1 aliphatic carbocycles. The molecule has 1 aliphatic rings. The van der Waals surface area contributed by atoms with E-state index in [0.29, 0.717) is 11.0 Å². The largest absolute Gasteiger partial charge is 0.393 e. The highest BCUT2D eigenvalue weighted by Crippen LogP contribution is 2.27. The quantitative estimate of drug-likeness (QED) is 0.813. The highest BCUT2D eigenvalue weighted by molar-refractivity contribution is 7.80. The second kappa shape index (κ2) is 7.01. The zero-order chi connectivity index (χ0) is 13.7. The zero-order valence-corrected chi connectivity index (χ0v) is 12.5. The summed E-state index contributed by atoms with van der Waals surface area (Å²) >= 11 is 4.90. The predicted molar refractivity (Wildman–Crippen MR) is 82.1 cm³/mol. The van der Waals surface area contributed by atoms with Crippen LogP contribution in [0, 0.1) is 0 Å². The number of hydrogen-bond donors (Lipinski definition) is 1. The lowest BCUT2D eigenvalue weighted by Crippen LogP contribution is -2.23. The van der Waals surface area contributed by atoms with Gasteiger partial charge in [-0.15, -0.1) is 0 Å². The van der Waals surface area contributed by atoms with E-state index in [2.05, 4.69) is 28.9 Å². The smallest absolute Gasteiger partial charge is 0.0764 e. The van der Waals surface area contributed by atoms with Gasteiger partial charge in [0.05, 0.1) is 16.7 Å². The number of rotatable bonds is 6. The maximum absolute atomic E-state index is 5.52. The first-order chi connectivity index (χ1) is 9.15. The number of hydrogen-bond acceptors (Lipinski definition) is 3. The monoisotopic (exact) mass is 280 g/mol. The van der Waals surface area contributed by atoms with Crippen LogP contribution < -0.4 is 5.73 Å². The minimum absolute atomic E-state index is 0.583. The molecule has 0 amide bonds. The Kier molecular flexibility index (Phi) is 5.34. The van der Waals surface area contributed by atoms with Gasteiger partial charge in [0, 0.05) is 25.7 Å². The summed E-state index contributed by atoms with van der Waals surface area (Å²) in [6.07, 6.45) is 9.52. The maximum atomic E-state index is 5.52.